The van der Waals surface area contributed by atoms with Crippen molar-refractivity contribution < 1.29 is 9.90 Å². The van der Waals surface area contributed by atoms with Crippen LogP contribution in [0.2, 0.25) is 0 Å². The molecular weight excluding hydrogens is 300 g/mol. The van der Waals surface area contributed by atoms with E-state index < -0.39 is 0 Å². The van der Waals surface area contributed by atoms with E-state index in [1.165, 1.54) is 11.1 Å². The third-order valence-corrected chi connectivity index (χ3v) is 5.64. The number of aryl methyl sites for hydroxylation is 2. The second-order valence-electron chi connectivity index (χ2n) is 7.15. The number of carbonyl (C=O) groups is 1. The van der Waals surface area contributed by atoms with Gasteiger partial charge in [-0.2, -0.15) is 0 Å². The molecular formula is C20H30N2O2. The summed E-state index contributed by atoms with van der Waals surface area (Å²) in [7, 11) is 0. The molecule has 1 aromatic carbocycles. The Morgan fingerprint density at radius 3 is 2.33 bits per heavy atom. The van der Waals surface area contributed by atoms with Crippen LogP contribution in [0.5, 0.6) is 0 Å². The molecule has 2 fully saturated rings. The number of benzene rings is 1. The summed E-state index contributed by atoms with van der Waals surface area (Å²) in [5.41, 5.74) is 2.59. The Labute approximate surface area is 145 Å². The number of rotatable bonds is 5. The molecule has 0 spiro atoms. The van der Waals surface area contributed by atoms with Crippen molar-refractivity contribution in [2.24, 2.45) is 0 Å². The van der Waals surface area contributed by atoms with E-state index in [4.69, 9.17) is 0 Å². The van der Waals surface area contributed by atoms with E-state index in [1.54, 1.807) is 0 Å². The van der Waals surface area contributed by atoms with Crippen LogP contribution in [0.1, 0.15) is 43.7 Å². The molecule has 0 aromatic heterocycles. The topological polar surface area (TPSA) is 43.8 Å². The first-order valence-corrected chi connectivity index (χ1v) is 9.45. The highest BCUT2D eigenvalue weighted by Crippen LogP contribution is 2.25. The van der Waals surface area contributed by atoms with Crippen molar-refractivity contribution in [3.05, 3.63) is 35.4 Å². The van der Waals surface area contributed by atoms with Crippen LogP contribution >= 0.6 is 0 Å². The third kappa shape index (κ3) is 4.17. The highest BCUT2D eigenvalue weighted by Gasteiger charge is 2.33. The molecule has 2 aliphatic rings. The normalized spacial score (nSPS) is 25.2. The first kappa shape index (κ1) is 17.4. The number of hydrogen-bond donors (Lipinski definition) is 1. The smallest absolute Gasteiger partial charge is 0.222 e. The molecule has 1 aliphatic carbocycles. The Kier molecular flexibility index (Phi) is 5.90. The van der Waals surface area contributed by atoms with Crippen LogP contribution in [0.3, 0.4) is 0 Å². The summed E-state index contributed by atoms with van der Waals surface area (Å²) in [6.45, 7) is 5.56. The van der Waals surface area contributed by atoms with Gasteiger partial charge in [-0.1, -0.05) is 31.2 Å². The van der Waals surface area contributed by atoms with E-state index in [2.05, 4.69) is 36.1 Å². The highest BCUT2D eigenvalue weighted by molar-refractivity contribution is 5.76. The summed E-state index contributed by atoms with van der Waals surface area (Å²) >= 11 is 0. The molecule has 1 heterocycles. The van der Waals surface area contributed by atoms with Gasteiger partial charge in [0.15, 0.2) is 0 Å². The van der Waals surface area contributed by atoms with Gasteiger partial charge in [0.05, 0.1) is 6.10 Å². The fourth-order valence-electron chi connectivity index (χ4n) is 4.00. The summed E-state index contributed by atoms with van der Waals surface area (Å²) in [6, 6.07) is 8.92. The van der Waals surface area contributed by atoms with Crippen LogP contribution in [-0.2, 0) is 17.6 Å². The summed E-state index contributed by atoms with van der Waals surface area (Å²) in [5, 5.41) is 10.0. The molecule has 1 saturated carbocycles. The summed E-state index contributed by atoms with van der Waals surface area (Å²) in [6.07, 6.45) is 5.46. The zero-order chi connectivity index (χ0) is 16.9. The Balaban J connectivity index is 1.43. The van der Waals surface area contributed by atoms with Crippen molar-refractivity contribution in [3.63, 3.8) is 0 Å². The summed E-state index contributed by atoms with van der Waals surface area (Å²) in [4.78, 5) is 16.8. The van der Waals surface area contributed by atoms with Crippen LogP contribution in [0.25, 0.3) is 0 Å². The van der Waals surface area contributed by atoms with Gasteiger partial charge in [-0.25, -0.2) is 0 Å². The molecule has 0 bridgehead atoms. The van der Waals surface area contributed by atoms with Gasteiger partial charge in [-0.15, -0.1) is 0 Å². The highest BCUT2D eigenvalue weighted by atomic mass is 16.3. The maximum atomic E-state index is 12.4. The average Bonchev–Trinajstić information content (AvgIpc) is 3.06. The van der Waals surface area contributed by atoms with Gasteiger partial charge < -0.3 is 10.0 Å². The van der Waals surface area contributed by atoms with Gasteiger partial charge >= 0.3 is 0 Å². The van der Waals surface area contributed by atoms with Crippen LogP contribution in [0.15, 0.2) is 24.3 Å². The van der Waals surface area contributed by atoms with E-state index in [0.29, 0.717) is 12.5 Å². The molecule has 0 radical (unpaired) electrons. The van der Waals surface area contributed by atoms with E-state index >= 15 is 0 Å². The minimum atomic E-state index is -0.168. The maximum Gasteiger partial charge on any atom is 0.222 e. The molecule has 24 heavy (non-hydrogen) atoms. The Morgan fingerprint density at radius 1 is 1.08 bits per heavy atom. The second kappa shape index (κ2) is 8.13. The molecule has 4 nitrogen and oxygen atoms in total. The van der Waals surface area contributed by atoms with Crippen molar-refractivity contribution in [2.75, 3.05) is 26.2 Å². The number of hydrogen-bond acceptors (Lipinski definition) is 3. The van der Waals surface area contributed by atoms with Crippen LogP contribution in [0, 0.1) is 0 Å². The SMILES string of the molecule is CCc1ccc(CCC(=O)N2CCN([C@H]3CCC[C@@H]3O)CC2)cc1. The third-order valence-electron chi connectivity index (χ3n) is 5.64. The van der Waals surface area contributed by atoms with Gasteiger partial charge in [0.1, 0.15) is 0 Å². The number of amides is 1. The molecule has 1 amide bonds. The van der Waals surface area contributed by atoms with Crippen LogP contribution in [0.4, 0.5) is 0 Å². The number of aliphatic hydroxyl groups excluding tert-OH is 1. The number of nitrogens with zero attached hydrogens (tertiary/aromatic N) is 2. The first-order valence-electron chi connectivity index (χ1n) is 9.45. The van der Waals surface area contributed by atoms with Crippen LogP contribution in [-0.4, -0.2) is 59.1 Å². The molecule has 132 valence electrons. The zero-order valence-corrected chi connectivity index (χ0v) is 14.8. The maximum absolute atomic E-state index is 12.4. The molecule has 4 heteroatoms. The zero-order valence-electron chi connectivity index (χ0n) is 14.8. The second-order valence-corrected chi connectivity index (χ2v) is 7.15. The van der Waals surface area contributed by atoms with Gasteiger partial charge in [0.25, 0.3) is 0 Å². The van der Waals surface area contributed by atoms with E-state index in [9.17, 15) is 9.90 Å². The van der Waals surface area contributed by atoms with E-state index in [0.717, 1.165) is 58.3 Å². The lowest BCUT2D eigenvalue weighted by Gasteiger charge is -2.39. The fourth-order valence-corrected chi connectivity index (χ4v) is 4.00. The van der Waals surface area contributed by atoms with Crippen molar-refractivity contribution in [2.45, 2.75) is 57.6 Å². The molecule has 1 saturated heterocycles. The van der Waals surface area contributed by atoms with Crippen molar-refractivity contribution in [1.82, 2.24) is 9.80 Å². The van der Waals surface area contributed by atoms with Gasteiger partial charge in [-0.3, -0.25) is 9.69 Å². The average molecular weight is 330 g/mol. The number of carbonyl (C=O) groups excluding carboxylic acids is 1. The molecule has 3 rings (SSSR count). The van der Waals surface area contributed by atoms with E-state index in [1.807, 2.05) is 4.90 Å². The summed E-state index contributed by atoms with van der Waals surface area (Å²) in [5.74, 6) is 0.265. The minimum Gasteiger partial charge on any atom is -0.391 e. The van der Waals surface area contributed by atoms with Gasteiger partial charge in [0.2, 0.25) is 5.91 Å². The predicted molar refractivity (Wildman–Crippen MR) is 95.9 cm³/mol. The largest absolute Gasteiger partial charge is 0.391 e. The number of aliphatic hydroxyl groups is 1. The quantitative estimate of drug-likeness (QED) is 0.900. The summed E-state index contributed by atoms with van der Waals surface area (Å²) < 4.78 is 0. The Morgan fingerprint density at radius 2 is 1.75 bits per heavy atom. The lowest BCUT2D eigenvalue weighted by Crippen LogP contribution is -2.53. The molecule has 0 unspecified atom stereocenters. The Bertz CT molecular complexity index is 535. The van der Waals surface area contributed by atoms with Gasteiger partial charge in [-0.05, 0) is 43.2 Å². The predicted octanol–water partition coefficient (Wildman–Crippen LogP) is 2.24. The first-order chi connectivity index (χ1) is 11.7. The monoisotopic (exact) mass is 330 g/mol. The van der Waals surface area contributed by atoms with E-state index in [-0.39, 0.29) is 12.0 Å². The standard InChI is InChI=1S/C20H30N2O2/c1-2-16-6-8-17(9-7-16)10-11-20(24)22-14-12-21(13-15-22)18-4-3-5-19(18)23/h6-9,18-19,23H,2-5,10-15H2,1H3/t18-,19-/m0/s1. The van der Waals surface area contributed by atoms with Crippen molar-refractivity contribution in [3.8, 4) is 0 Å². The minimum absolute atomic E-state index is 0.168. The lowest BCUT2D eigenvalue weighted by atomic mass is 10.1. The van der Waals surface area contributed by atoms with Gasteiger partial charge in [0, 0.05) is 38.6 Å². The molecule has 1 aliphatic heterocycles. The Hall–Kier alpha value is -1.39. The molecule has 1 N–H and O–H groups in total. The van der Waals surface area contributed by atoms with Crippen LogP contribution < -0.4 is 0 Å². The molecule has 1 aromatic rings. The lowest BCUT2D eigenvalue weighted by molar-refractivity contribution is -0.133. The fraction of sp³-hybridized carbons (Fsp3) is 0.650. The van der Waals surface area contributed by atoms with Crippen molar-refractivity contribution in [1.29, 1.82) is 0 Å². The number of piperazine rings is 1. The molecule has 2 atom stereocenters. The van der Waals surface area contributed by atoms with Crippen molar-refractivity contribution >= 4 is 5.91 Å².